The van der Waals surface area contributed by atoms with Gasteiger partial charge in [-0.2, -0.15) is 0 Å². The Labute approximate surface area is 114 Å². The van der Waals surface area contributed by atoms with Crippen LogP contribution in [0.5, 0.6) is 0 Å². The van der Waals surface area contributed by atoms with Crippen LogP contribution in [-0.4, -0.2) is 31.7 Å². The molecule has 0 heterocycles. The van der Waals surface area contributed by atoms with Crippen LogP contribution in [0.25, 0.3) is 10.4 Å². The Morgan fingerprint density at radius 2 is 2.21 bits per heavy atom. The molecule has 0 aromatic carbocycles. The van der Waals surface area contributed by atoms with Gasteiger partial charge >= 0.3 is 5.97 Å². The number of hydrogen-bond acceptors (Lipinski definition) is 4. The molecule has 0 amide bonds. The van der Waals surface area contributed by atoms with Crippen LogP contribution in [0.2, 0.25) is 0 Å². The highest BCUT2D eigenvalue weighted by molar-refractivity contribution is 5.81. The lowest BCUT2D eigenvalue weighted by Crippen LogP contribution is -2.57. The lowest BCUT2D eigenvalue weighted by atomic mass is 9.68. The van der Waals surface area contributed by atoms with Crippen molar-refractivity contribution in [2.45, 2.75) is 51.5 Å². The Hall–Kier alpha value is -1.26. The fourth-order valence-corrected chi connectivity index (χ4v) is 2.98. The van der Waals surface area contributed by atoms with E-state index in [0.29, 0.717) is 13.1 Å². The van der Waals surface area contributed by atoms with Gasteiger partial charge in [0.2, 0.25) is 0 Å². The number of rotatable bonds is 6. The first kappa shape index (κ1) is 15.8. The number of nitrogens with one attached hydrogen (secondary N) is 1. The Bertz CT molecular complexity index is 364. The number of azide groups is 1. The maximum atomic E-state index is 12.1. The molecule has 6 nitrogen and oxygen atoms in total. The van der Waals surface area contributed by atoms with E-state index >= 15 is 0 Å². The van der Waals surface area contributed by atoms with Crippen molar-refractivity contribution in [3.63, 3.8) is 0 Å². The number of esters is 1. The first-order valence-corrected chi connectivity index (χ1v) is 6.80. The van der Waals surface area contributed by atoms with Crippen molar-refractivity contribution >= 4 is 5.97 Å². The molecule has 0 aliphatic heterocycles. The number of ether oxygens (including phenoxy) is 1. The van der Waals surface area contributed by atoms with E-state index in [2.05, 4.69) is 29.2 Å². The van der Waals surface area contributed by atoms with Crippen molar-refractivity contribution in [2.24, 2.45) is 10.5 Å². The summed E-state index contributed by atoms with van der Waals surface area (Å²) in [5, 5.41) is 6.84. The van der Waals surface area contributed by atoms with Crippen LogP contribution in [0.1, 0.15) is 46.0 Å². The molecule has 0 radical (unpaired) electrons. The van der Waals surface area contributed by atoms with Crippen LogP contribution in [0, 0.1) is 5.41 Å². The van der Waals surface area contributed by atoms with Crippen LogP contribution < -0.4 is 5.32 Å². The lowest BCUT2D eigenvalue weighted by molar-refractivity contribution is -0.152. The van der Waals surface area contributed by atoms with Gasteiger partial charge in [0.15, 0.2) is 0 Å². The van der Waals surface area contributed by atoms with Gasteiger partial charge in [-0.25, -0.2) is 0 Å². The molecule has 0 aromatic heterocycles. The Balaban J connectivity index is 2.65. The van der Waals surface area contributed by atoms with Crippen LogP contribution in [0.3, 0.4) is 0 Å². The fraction of sp³-hybridized carbons (Fsp3) is 0.923. The standard InChI is InChI=1S/C13H24N4O2/c1-12(2)6-4-7-13(10-12,11(18)19-3)15-8-5-9-16-17-14/h15H,4-10H2,1-3H3. The summed E-state index contributed by atoms with van der Waals surface area (Å²) < 4.78 is 4.98. The highest BCUT2D eigenvalue weighted by Crippen LogP contribution is 2.41. The predicted octanol–water partition coefficient (Wildman–Crippen LogP) is 2.79. The topological polar surface area (TPSA) is 87.1 Å². The zero-order chi connectivity index (χ0) is 14.4. The van der Waals surface area contributed by atoms with Crippen molar-refractivity contribution in [3.05, 3.63) is 10.4 Å². The summed E-state index contributed by atoms with van der Waals surface area (Å²) in [6.45, 7) is 5.48. The number of nitrogens with zero attached hydrogens (tertiary/aromatic N) is 3. The van der Waals surface area contributed by atoms with E-state index in [4.69, 9.17) is 10.3 Å². The zero-order valence-corrected chi connectivity index (χ0v) is 12.1. The number of carbonyl (C=O) groups is 1. The highest BCUT2D eigenvalue weighted by atomic mass is 16.5. The molecule has 0 spiro atoms. The van der Waals surface area contributed by atoms with E-state index < -0.39 is 5.54 Å². The van der Waals surface area contributed by atoms with Crippen LogP contribution in [0.15, 0.2) is 5.11 Å². The molecule has 1 fully saturated rings. The number of hydrogen-bond donors (Lipinski definition) is 1. The average Bonchev–Trinajstić information content (AvgIpc) is 2.36. The van der Waals surface area contributed by atoms with E-state index in [1.807, 2.05) is 0 Å². The van der Waals surface area contributed by atoms with E-state index in [1.54, 1.807) is 0 Å². The van der Waals surface area contributed by atoms with Gasteiger partial charge in [-0.3, -0.25) is 4.79 Å². The third-order valence-corrected chi connectivity index (χ3v) is 3.78. The number of carbonyl (C=O) groups excluding carboxylic acids is 1. The van der Waals surface area contributed by atoms with Crippen molar-refractivity contribution < 1.29 is 9.53 Å². The maximum absolute atomic E-state index is 12.1. The zero-order valence-electron chi connectivity index (χ0n) is 12.1. The molecule has 1 rings (SSSR count). The van der Waals surface area contributed by atoms with Gasteiger partial charge in [0.1, 0.15) is 5.54 Å². The van der Waals surface area contributed by atoms with Crippen molar-refractivity contribution in [3.8, 4) is 0 Å². The summed E-state index contributed by atoms with van der Waals surface area (Å²) in [6.07, 6.45) is 4.47. The van der Waals surface area contributed by atoms with Gasteiger partial charge in [-0.15, -0.1) is 0 Å². The van der Waals surface area contributed by atoms with Crippen molar-refractivity contribution in [2.75, 3.05) is 20.2 Å². The van der Waals surface area contributed by atoms with Crippen LogP contribution in [-0.2, 0) is 9.53 Å². The summed E-state index contributed by atoms with van der Waals surface area (Å²) in [4.78, 5) is 14.8. The van der Waals surface area contributed by atoms with E-state index in [0.717, 1.165) is 32.1 Å². The molecule has 1 atom stereocenters. The molecule has 0 saturated heterocycles. The summed E-state index contributed by atoms with van der Waals surface area (Å²) in [7, 11) is 1.44. The molecule has 1 aliphatic carbocycles. The minimum absolute atomic E-state index is 0.143. The van der Waals surface area contributed by atoms with E-state index in [-0.39, 0.29) is 11.4 Å². The van der Waals surface area contributed by atoms with E-state index in [9.17, 15) is 4.79 Å². The molecule has 1 unspecified atom stereocenters. The van der Waals surface area contributed by atoms with E-state index in [1.165, 1.54) is 7.11 Å². The second-order valence-corrected chi connectivity index (χ2v) is 6.00. The molecular formula is C13H24N4O2. The second kappa shape index (κ2) is 6.78. The molecule has 1 saturated carbocycles. The fourth-order valence-electron chi connectivity index (χ4n) is 2.98. The quantitative estimate of drug-likeness (QED) is 0.264. The molecule has 1 N–H and O–H groups in total. The van der Waals surface area contributed by atoms with Gasteiger partial charge < -0.3 is 10.1 Å². The van der Waals surface area contributed by atoms with Crippen molar-refractivity contribution in [1.82, 2.24) is 5.32 Å². The normalized spacial score (nSPS) is 25.4. The Morgan fingerprint density at radius 3 is 2.79 bits per heavy atom. The maximum Gasteiger partial charge on any atom is 0.326 e. The van der Waals surface area contributed by atoms with Crippen LogP contribution >= 0.6 is 0 Å². The van der Waals surface area contributed by atoms with Gasteiger partial charge in [0, 0.05) is 11.5 Å². The Kier molecular flexibility index (Phi) is 5.63. The molecule has 0 aromatic rings. The van der Waals surface area contributed by atoms with Gasteiger partial charge in [-0.05, 0) is 43.2 Å². The number of methoxy groups -OCH3 is 1. The second-order valence-electron chi connectivity index (χ2n) is 6.00. The average molecular weight is 268 g/mol. The van der Waals surface area contributed by atoms with Crippen LogP contribution in [0.4, 0.5) is 0 Å². The molecule has 0 bridgehead atoms. The van der Waals surface area contributed by atoms with Gasteiger partial charge in [0.25, 0.3) is 0 Å². The summed E-state index contributed by atoms with van der Waals surface area (Å²) in [6, 6.07) is 0. The summed E-state index contributed by atoms with van der Waals surface area (Å²) in [5.74, 6) is -0.177. The summed E-state index contributed by atoms with van der Waals surface area (Å²) in [5.41, 5.74) is 7.79. The molecule has 108 valence electrons. The third-order valence-electron chi connectivity index (χ3n) is 3.78. The molecule has 1 aliphatic rings. The monoisotopic (exact) mass is 268 g/mol. The first-order valence-electron chi connectivity index (χ1n) is 6.80. The minimum Gasteiger partial charge on any atom is -0.468 e. The highest BCUT2D eigenvalue weighted by Gasteiger charge is 2.45. The van der Waals surface area contributed by atoms with Crippen molar-refractivity contribution in [1.29, 1.82) is 0 Å². The predicted molar refractivity (Wildman–Crippen MR) is 73.6 cm³/mol. The smallest absolute Gasteiger partial charge is 0.326 e. The molecule has 6 heteroatoms. The Morgan fingerprint density at radius 1 is 1.47 bits per heavy atom. The third kappa shape index (κ3) is 4.40. The molecular weight excluding hydrogens is 244 g/mol. The lowest BCUT2D eigenvalue weighted by Gasteiger charge is -2.43. The largest absolute Gasteiger partial charge is 0.468 e. The van der Waals surface area contributed by atoms with Gasteiger partial charge in [-0.1, -0.05) is 25.4 Å². The SMILES string of the molecule is COC(=O)C1(NCCCN=[N+]=[N-])CCCC(C)(C)C1. The first-order chi connectivity index (χ1) is 8.96. The minimum atomic E-state index is -0.577. The summed E-state index contributed by atoms with van der Waals surface area (Å²) >= 11 is 0. The van der Waals surface area contributed by atoms with Gasteiger partial charge in [0.05, 0.1) is 7.11 Å². The molecule has 19 heavy (non-hydrogen) atoms.